The number of amides is 1. The fraction of sp³-hybridized carbons (Fsp3) is 0.400. The van der Waals surface area contributed by atoms with Gasteiger partial charge >= 0.3 is 0 Å². The van der Waals surface area contributed by atoms with Gasteiger partial charge in [-0.05, 0) is 36.9 Å². The molecule has 3 aromatic rings. The molecule has 1 amide bonds. The van der Waals surface area contributed by atoms with Crippen molar-refractivity contribution in [2.75, 3.05) is 18.4 Å². The molecule has 136 valence electrons. The van der Waals surface area contributed by atoms with E-state index in [2.05, 4.69) is 32.5 Å². The van der Waals surface area contributed by atoms with E-state index < -0.39 is 0 Å². The highest BCUT2D eigenvalue weighted by molar-refractivity contribution is 7.13. The van der Waals surface area contributed by atoms with Gasteiger partial charge in [-0.1, -0.05) is 25.1 Å². The summed E-state index contributed by atoms with van der Waals surface area (Å²) < 4.78 is 0. The summed E-state index contributed by atoms with van der Waals surface area (Å²) in [5.74, 6) is 0.736. The molecule has 1 aliphatic heterocycles. The number of H-pyrrole nitrogens is 1. The van der Waals surface area contributed by atoms with Gasteiger partial charge in [-0.15, -0.1) is 11.3 Å². The molecule has 1 aromatic carbocycles. The molecule has 1 saturated heterocycles. The minimum Gasteiger partial charge on any atom is -0.361 e. The minimum atomic E-state index is -0.0257. The molecule has 26 heavy (non-hydrogen) atoms. The van der Waals surface area contributed by atoms with Gasteiger partial charge in [-0.3, -0.25) is 9.69 Å². The maximum absolute atomic E-state index is 12.4. The number of fused-ring (bicyclic) bond motifs is 1. The number of anilines is 1. The second kappa shape index (κ2) is 7.60. The molecule has 6 heteroatoms. The van der Waals surface area contributed by atoms with E-state index >= 15 is 0 Å². The average Bonchev–Trinajstić information content (AvgIpc) is 3.22. The standard InChI is InChI=1S/C20H24N4OS/c1-14-5-4-8-24(11-14)12-16-13-26-20(22-16)23-19(25)9-15-10-21-18-7-3-2-6-17(15)18/h2-3,6-7,10,13-14,21H,4-5,8-9,11-12H2,1H3,(H,22,23,25). The van der Waals surface area contributed by atoms with Crippen molar-refractivity contribution in [2.24, 2.45) is 5.92 Å². The van der Waals surface area contributed by atoms with Gasteiger partial charge in [-0.25, -0.2) is 4.98 Å². The van der Waals surface area contributed by atoms with Gasteiger partial charge < -0.3 is 10.3 Å². The molecule has 0 bridgehead atoms. The molecule has 0 saturated carbocycles. The van der Waals surface area contributed by atoms with Crippen LogP contribution in [0.3, 0.4) is 0 Å². The van der Waals surface area contributed by atoms with Crippen LogP contribution in [0.5, 0.6) is 0 Å². The summed E-state index contributed by atoms with van der Waals surface area (Å²) in [6.07, 6.45) is 4.85. The van der Waals surface area contributed by atoms with E-state index in [0.29, 0.717) is 11.6 Å². The number of nitrogens with zero attached hydrogens (tertiary/aromatic N) is 2. The molecule has 5 nitrogen and oxygen atoms in total. The van der Waals surface area contributed by atoms with E-state index in [1.165, 1.54) is 24.2 Å². The number of rotatable bonds is 5. The Morgan fingerprint density at radius 3 is 3.19 bits per heavy atom. The summed E-state index contributed by atoms with van der Waals surface area (Å²) in [6.45, 7) is 5.46. The van der Waals surface area contributed by atoms with E-state index in [1.54, 1.807) is 0 Å². The SMILES string of the molecule is CC1CCCN(Cc2csc(NC(=O)Cc3c[nH]c4ccccc34)n2)C1. The molecule has 3 heterocycles. The molecule has 1 unspecified atom stereocenters. The lowest BCUT2D eigenvalue weighted by Crippen LogP contribution is -2.33. The van der Waals surface area contributed by atoms with E-state index in [1.807, 2.05) is 30.5 Å². The Morgan fingerprint density at radius 2 is 2.31 bits per heavy atom. The highest BCUT2D eigenvalue weighted by atomic mass is 32.1. The van der Waals surface area contributed by atoms with Crippen LogP contribution >= 0.6 is 11.3 Å². The lowest BCUT2D eigenvalue weighted by molar-refractivity contribution is -0.115. The quantitative estimate of drug-likeness (QED) is 0.714. The normalized spacial score (nSPS) is 18.3. The van der Waals surface area contributed by atoms with Gasteiger partial charge in [0.2, 0.25) is 5.91 Å². The number of benzene rings is 1. The molecule has 2 N–H and O–H groups in total. The topological polar surface area (TPSA) is 61.0 Å². The van der Waals surface area contributed by atoms with Crippen LogP contribution in [-0.4, -0.2) is 33.9 Å². The van der Waals surface area contributed by atoms with Gasteiger partial charge in [0.05, 0.1) is 12.1 Å². The Morgan fingerprint density at radius 1 is 1.42 bits per heavy atom. The number of thiazole rings is 1. The molecule has 1 atom stereocenters. The Kier molecular flexibility index (Phi) is 5.04. The molecular weight excluding hydrogens is 344 g/mol. The Balaban J connectivity index is 1.35. The molecule has 4 rings (SSSR count). The number of hydrogen-bond donors (Lipinski definition) is 2. The first kappa shape index (κ1) is 17.2. The molecule has 0 spiro atoms. The zero-order valence-electron chi connectivity index (χ0n) is 15.0. The number of likely N-dealkylation sites (tertiary alicyclic amines) is 1. The third-order valence-electron chi connectivity index (χ3n) is 4.95. The summed E-state index contributed by atoms with van der Waals surface area (Å²) in [5, 5.41) is 6.79. The zero-order chi connectivity index (χ0) is 17.9. The molecule has 1 aliphatic rings. The predicted molar refractivity (Wildman–Crippen MR) is 106 cm³/mol. The van der Waals surface area contributed by atoms with Gasteiger partial charge in [0.1, 0.15) is 0 Å². The Bertz CT molecular complexity index is 900. The fourth-order valence-electron chi connectivity index (χ4n) is 3.71. The number of aromatic nitrogens is 2. The molecular formula is C20H24N4OS. The third kappa shape index (κ3) is 3.97. The zero-order valence-corrected chi connectivity index (χ0v) is 15.8. The first-order chi connectivity index (χ1) is 12.7. The third-order valence-corrected chi connectivity index (χ3v) is 5.76. The number of piperidine rings is 1. The number of nitrogens with one attached hydrogen (secondary N) is 2. The maximum atomic E-state index is 12.4. The van der Waals surface area contributed by atoms with Crippen molar-refractivity contribution in [2.45, 2.75) is 32.7 Å². The van der Waals surface area contributed by atoms with Crippen molar-refractivity contribution in [3.8, 4) is 0 Å². The molecule has 1 fully saturated rings. The van der Waals surface area contributed by atoms with Crippen molar-refractivity contribution in [3.05, 3.63) is 47.1 Å². The second-order valence-electron chi connectivity index (χ2n) is 7.21. The Hall–Kier alpha value is -2.18. The van der Waals surface area contributed by atoms with Crippen LogP contribution in [-0.2, 0) is 17.8 Å². The lowest BCUT2D eigenvalue weighted by Gasteiger charge is -2.30. The minimum absolute atomic E-state index is 0.0257. The number of para-hydroxylation sites is 1. The van der Waals surface area contributed by atoms with E-state index in [9.17, 15) is 4.79 Å². The van der Waals surface area contributed by atoms with Crippen LogP contribution in [0.15, 0.2) is 35.8 Å². The van der Waals surface area contributed by atoms with Gasteiger partial charge in [0, 0.05) is 35.6 Å². The molecule has 0 aliphatic carbocycles. The predicted octanol–water partition coefficient (Wildman–Crippen LogP) is 4.04. The smallest absolute Gasteiger partial charge is 0.230 e. The van der Waals surface area contributed by atoms with E-state index in [0.717, 1.165) is 47.7 Å². The summed E-state index contributed by atoms with van der Waals surface area (Å²) in [7, 11) is 0. The van der Waals surface area contributed by atoms with Crippen molar-refractivity contribution >= 4 is 33.3 Å². The van der Waals surface area contributed by atoms with Crippen LogP contribution < -0.4 is 5.32 Å². The maximum Gasteiger partial charge on any atom is 0.230 e. The highest BCUT2D eigenvalue weighted by Crippen LogP contribution is 2.22. The van der Waals surface area contributed by atoms with Gasteiger partial charge in [0.25, 0.3) is 0 Å². The van der Waals surface area contributed by atoms with Crippen LogP contribution in [0.4, 0.5) is 5.13 Å². The number of hydrogen-bond acceptors (Lipinski definition) is 4. The van der Waals surface area contributed by atoms with Crippen molar-refractivity contribution in [1.82, 2.24) is 14.9 Å². The molecule has 2 aromatic heterocycles. The van der Waals surface area contributed by atoms with E-state index in [-0.39, 0.29) is 5.91 Å². The average molecular weight is 369 g/mol. The van der Waals surface area contributed by atoms with Crippen molar-refractivity contribution in [1.29, 1.82) is 0 Å². The van der Waals surface area contributed by atoms with Crippen LogP contribution in [0.25, 0.3) is 10.9 Å². The summed E-state index contributed by atoms with van der Waals surface area (Å²) in [5.41, 5.74) is 3.12. The van der Waals surface area contributed by atoms with Crippen molar-refractivity contribution in [3.63, 3.8) is 0 Å². The van der Waals surface area contributed by atoms with Gasteiger partial charge in [0.15, 0.2) is 5.13 Å². The van der Waals surface area contributed by atoms with Crippen LogP contribution in [0.2, 0.25) is 0 Å². The fourth-order valence-corrected chi connectivity index (χ4v) is 4.43. The Labute approximate surface area is 157 Å². The van der Waals surface area contributed by atoms with Crippen molar-refractivity contribution < 1.29 is 4.79 Å². The first-order valence-corrected chi connectivity index (χ1v) is 10.1. The number of carbonyl (C=O) groups excluding carboxylic acids is 1. The summed E-state index contributed by atoms with van der Waals surface area (Å²) in [4.78, 5) is 22.7. The summed E-state index contributed by atoms with van der Waals surface area (Å²) in [6, 6.07) is 8.04. The monoisotopic (exact) mass is 368 g/mol. The highest BCUT2D eigenvalue weighted by Gasteiger charge is 2.17. The van der Waals surface area contributed by atoms with Crippen LogP contribution in [0.1, 0.15) is 31.0 Å². The lowest BCUT2D eigenvalue weighted by atomic mass is 10.0. The first-order valence-electron chi connectivity index (χ1n) is 9.19. The molecule has 0 radical (unpaired) electrons. The van der Waals surface area contributed by atoms with Gasteiger partial charge in [-0.2, -0.15) is 0 Å². The second-order valence-corrected chi connectivity index (χ2v) is 8.07. The van der Waals surface area contributed by atoms with E-state index in [4.69, 9.17) is 0 Å². The summed E-state index contributed by atoms with van der Waals surface area (Å²) >= 11 is 1.51. The largest absolute Gasteiger partial charge is 0.361 e. The number of carbonyl (C=O) groups is 1. The number of aromatic amines is 1. The van der Waals surface area contributed by atoms with Crippen LogP contribution in [0, 0.1) is 5.92 Å².